The number of halogens is 2. The number of benzene rings is 2. The molecule has 146 valence electrons. The molecule has 1 aromatic heterocycles. The second-order valence-electron chi connectivity index (χ2n) is 5.75. The summed E-state index contributed by atoms with van der Waals surface area (Å²) in [4.78, 5) is 12.5. The Morgan fingerprint density at radius 3 is 2.50 bits per heavy atom. The minimum atomic E-state index is -3.99. The van der Waals surface area contributed by atoms with Crippen LogP contribution < -0.4 is 4.72 Å². The van der Waals surface area contributed by atoms with Gasteiger partial charge in [0.2, 0.25) is 10.0 Å². The summed E-state index contributed by atoms with van der Waals surface area (Å²) >= 11 is 4.59. The number of carbonyl (C=O) groups excluding carboxylic acids is 1. The lowest BCUT2D eigenvalue weighted by atomic mass is 10.1. The SMILES string of the molecule is COC(=O)c1cc(S(=O)(=O)N[C@@H](c2ccc(F)cc2)c2cccs2)ccc1Br. The topological polar surface area (TPSA) is 72.5 Å². The smallest absolute Gasteiger partial charge is 0.339 e. The standard InChI is InChI=1S/C19H15BrFNO4S2/c1-26-19(23)15-11-14(8-9-16(15)20)28(24,25)22-18(17-3-2-10-27-17)12-4-6-13(21)7-5-12/h2-11,18,22H,1H3/t18-/m0/s1. The number of rotatable bonds is 6. The Bertz CT molecular complexity index is 1080. The third-order valence-electron chi connectivity index (χ3n) is 3.96. The number of methoxy groups -OCH3 is 1. The molecule has 2 aromatic carbocycles. The molecule has 0 spiro atoms. The Hall–Kier alpha value is -2.07. The van der Waals surface area contributed by atoms with E-state index >= 15 is 0 Å². The van der Waals surface area contributed by atoms with Gasteiger partial charge < -0.3 is 4.74 Å². The first-order chi connectivity index (χ1) is 13.3. The van der Waals surface area contributed by atoms with Crippen molar-refractivity contribution in [3.8, 4) is 0 Å². The minimum Gasteiger partial charge on any atom is -0.465 e. The quantitative estimate of drug-likeness (QED) is 0.523. The summed E-state index contributed by atoms with van der Waals surface area (Å²) in [6.07, 6.45) is 0. The van der Waals surface area contributed by atoms with E-state index in [4.69, 9.17) is 0 Å². The number of thiophene rings is 1. The van der Waals surface area contributed by atoms with Crippen LogP contribution >= 0.6 is 27.3 Å². The maximum absolute atomic E-state index is 13.3. The van der Waals surface area contributed by atoms with Gasteiger partial charge in [0.05, 0.1) is 23.6 Å². The predicted octanol–water partition coefficient (Wildman–Crippen LogP) is 4.50. The zero-order chi connectivity index (χ0) is 20.3. The maximum atomic E-state index is 13.3. The molecule has 0 fully saturated rings. The first-order valence-corrected chi connectivity index (χ1v) is 11.2. The van der Waals surface area contributed by atoms with Crippen LogP contribution in [0.4, 0.5) is 4.39 Å². The lowest BCUT2D eigenvalue weighted by Crippen LogP contribution is -2.29. The third-order valence-corrected chi connectivity index (χ3v) is 7.01. The molecular formula is C19H15BrFNO4S2. The fraction of sp³-hybridized carbons (Fsp3) is 0.105. The number of hydrogen-bond donors (Lipinski definition) is 1. The molecule has 0 amide bonds. The second-order valence-corrected chi connectivity index (χ2v) is 9.30. The van der Waals surface area contributed by atoms with Crippen LogP contribution in [0.5, 0.6) is 0 Å². The molecule has 3 rings (SSSR count). The molecule has 0 aliphatic carbocycles. The van der Waals surface area contributed by atoms with Crippen molar-refractivity contribution in [1.29, 1.82) is 0 Å². The van der Waals surface area contributed by atoms with Gasteiger partial charge in [0.1, 0.15) is 5.82 Å². The Morgan fingerprint density at radius 2 is 1.89 bits per heavy atom. The molecule has 0 aliphatic rings. The molecule has 0 bridgehead atoms. The van der Waals surface area contributed by atoms with Crippen LogP contribution in [0.3, 0.4) is 0 Å². The van der Waals surface area contributed by atoms with Crippen molar-refractivity contribution in [2.24, 2.45) is 0 Å². The molecule has 0 saturated carbocycles. The fourth-order valence-corrected chi connectivity index (χ4v) is 5.08. The van der Waals surface area contributed by atoms with Gasteiger partial charge in [-0.25, -0.2) is 17.6 Å². The Morgan fingerprint density at radius 1 is 1.18 bits per heavy atom. The van der Waals surface area contributed by atoms with Gasteiger partial charge in [-0.2, -0.15) is 4.72 Å². The monoisotopic (exact) mass is 483 g/mol. The van der Waals surface area contributed by atoms with Crippen molar-refractivity contribution in [2.45, 2.75) is 10.9 Å². The zero-order valence-corrected chi connectivity index (χ0v) is 17.8. The summed E-state index contributed by atoms with van der Waals surface area (Å²) in [6, 6.07) is 12.6. The Kier molecular flexibility index (Phi) is 6.29. The number of sulfonamides is 1. The highest BCUT2D eigenvalue weighted by atomic mass is 79.9. The molecule has 28 heavy (non-hydrogen) atoms. The molecule has 1 heterocycles. The average Bonchev–Trinajstić information content (AvgIpc) is 3.21. The summed E-state index contributed by atoms with van der Waals surface area (Å²) in [5.74, 6) is -1.07. The zero-order valence-electron chi connectivity index (χ0n) is 14.6. The lowest BCUT2D eigenvalue weighted by Gasteiger charge is -2.18. The van der Waals surface area contributed by atoms with Crippen molar-refractivity contribution in [2.75, 3.05) is 7.11 Å². The van der Waals surface area contributed by atoms with Crippen LogP contribution in [0.1, 0.15) is 26.8 Å². The van der Waals surface area contributed by atoms with Crippen LogP contribution in [-0.4, -0.2) is 21.5 Å². The summed E-state index contributed by atoms with van der Waals surface area (Å²) < 4.78 is 47.1. The summed E-state index contributed by atoms with van der Waals surface area (Å²) in [5, 5.41) is 1.83. The van der Waals surface area contributed by atoms with Crippen molar-refractivity contribution in [3.05, 3.63) is 86.3 Å². The maximum Gasteiger partial charge on any atom is 0.339 e. The van der Waals surface area contributed by atoms with E-state index in [1.54, 1.807) is 12.1 Å². The third kappa shape index (κ3) is 4.49. The van der Waals surface area contributed by atoms with Gasteiger partial charge in [-0.15, -0.1) is 11.3 Å². The lowest BCUT2D eigenvalue weighted by molar-refractivity contribution is 0.0599. The van der Waals surface area contributed by atoms with Crippen molar-refractivity contribution >= 4 is 43.3 Å². The van der Waals surface area contributed by atoms with Gasteiger partial charge in [-0.05, 0) is 63.3 Å². The first-order valence-electron chi connectivity index (χ1n) is 8.01. The molecule has 0 unspecified atom stereocenters. The normalized spacial score (nSPS) is 12.5. The van der Waals surface area contributed by atoms with Gasteiger partial charge in [-0.1, -0.05) is 18.2 Å². The highest BCUT2D eigenvalue weighted by molar-refractivity contribution is 9.10. The van der Waals surface area contributed by atoms with Gasteiger partial charge in [0.25, 0.3) is 0 Å². The van der Waals surface area contributed by atoms with Gasteiger partial charge in [-0.3, -0.25) is 0 Å². The molecule has 0 aliphatic heterocycles. The van der Waals surface area contributed by atoms with E-state index in [1.165, 1.54) is 60.9 Å². The van der Waals surface area contributed by atoms with Crippen molar-refractivity contribution < 1.29 is 22.3 Å². The minimum absolute atomic E-state index is 0.0835. The highest BCUT2D eigenvalue weighted by Gasteiger charge is 2.25. The van der Waals surface area contributed by atoms with E-state index in [0.29, 0.717) is 10.0 Å². The predicted molar refractivity (Wildman–Crippen MR) is 108 cm³/mol. The first kappa shape index (κ1) is 20.7. The number of carbonyl (C=O) groups is 1. The second kappa shape index (κ2) is 8.52. The number of esters is 1. The largest absolute Gasteiger partial charge is 0.465 e. The Balaban J connectivity index is 2.00. The van der Waals surface area contributed by atoms with Gasteiger partial charge in [0.15, 0.2) is 0 Å². The molecule has 0 saturated heterocycles. The van der Waals surface area contributed by atoms with Crippen molar-refractivity contribution in [1.82, 2.24) is 4.72 Å². The van der Waals surface area contributed by atoms with E-state index in [-0.39, 0.29) is 10.5 Å². The average molecular weight is 484 g/mol. The molecule has 1 N–H and O–H groups in total. The highest BCUT2D eigenvalue weighted by Crippen LogP contribution is 2.29. The van der Waals surface area contributed by atoms with E-state index in [0.717, 1.165) is 4.88 Å². The number of hydrogen-bond acceptors (Lipinski definition) is 5. The van der Waals surface area contributed by atoms with Crippen LogP contribution in [0.2, 0.25) is 0 Å². The molecule has 9 heteroatoms. The number of ether oxygens (including phenoxy) is 1. The van der Waals surface area contributed by atoms with Crippen LogP contribution in [-0.2, 0) is 14.8 Å². The van der Waals surface area contributed by atoms with E-state index < -0.39 is 27.9 Å². The van der Waals surface area contributed by atoms with Crippen molar-refractivity contribution in [3.63, 3.8) is 0 Å². The van der Waals surface area contributed by atoms with Gasteiger partial charge in [0, 0.05) is 9.35 Å². The van der Waals surface area contributed by atoms with Crippen LogP contribution in [0, 0.1) is 5.82 Å². The van der Waals surface area contributed by atoms with E-state index in [1.807, 2.05) is 5.38 Å². The van der Waals surface area contributed by atoms with Crippen LogP contribution in [0.15, 0.2) is 69.3 Å². The summed E-state index contributed by atoms with van der Waals surface area (Å²) in [6.45, 7) is 0. The number of nitrogens with one attached hydrogen (secondary N) is 1. The summed E-state index contributed by atoms with van der Waals surface area (Å²) in [5.41, 5.74) is 0.692. The van der Waals surface area contributed by atoms with Gasteiger partial charge >= 0.3 is 5.97 Å². The molecule has 5 nitrogen and oxygen atoms in total. The molecule has 0 radical (unpaired) electrons. The van der Waals surface area contributed by atoms with Crippen LogP contribution in [0.25, 0.3) is 0 Å². The molecular weight excluding hydrogens is 469 g/mol. The molecule has 3 aromatic rings. The van der Waals surface area contributed by atoms with E-state index in [2.05, 4.69) is 25.4 Å². The molecule has 1 atom stereocenters. The van der Waals surface area contributed by atoms with E-state index in [9.17, 15) is 17.6 Å². The summed E-state index contributed by atoms with van der Waals surface area (Å²) in [7, 11) is -2.77. The fourth-order valence-electron chi connectivity index (χ4n) is 2.56. The Labute approximate surface area is 174 Å².